The van der Waals surface area contributed by atoms with E-state index in [4.69, 9.17) is 0 Å². The molecule has 1 heteroatoms. The molecule has 1 unspecified atom stereocenters. The summed E-state index contributed by atoms with van der Waals surface area (Å²) in [6.07, 6.45) is 0. The zero-order valence-electron chi connectivity index (χ0n) is 10.5. The SMILES string of the molecule is CC(C)C(C)CN(C(C)C)C(C)C. The van der Waals surface area contributed by atoms with Crippen molar-refractivity contribution in [1.82, 2.24) is 4.90 Å². The Balaban J connectivity index is 4.10. The molecule has 0 rings (SSSR count). The normalized spacial score (nSPS) is 15.0. The van der Waals surface area contributed by atoms with Gasteiger partial charge >= 0.3 is 0 Å². The smallest absolute Gasteiger partial charge is 0.00414 e. The molecule has 13 heavy (non-hydrogen) atoms. The monoisotopic (exact) mass is 185 g/mol. The number of hydrogen-bond acceptors (Lipinski definition) is 1. The zero-order valence-corrected chi connectivity index (χ0v) is 10.5. The summed E-state index contributed by atoms with van der Waals surface area (Å²) in [5.74, 6) is 1.59. The molecule has 80 valence electrons. The fourth-order valence-electron chi connectivity index (χ4n) is 1.56. The first-order chi connectivity index (χ1) is 5.86. The number of rotatable bonds is 5. The largest absolute Gasteiger partial charge is 0.298 e. The van der Waals surface area contributed by atoms with Crippen LogP contribution in [0.1, 0.15) is 48.5 Å². The highest BCUT2D eigenvalue weighted by molar-refractivity contribution is 4.71. The molecule has 0 saturated carbocycles. The van der Waals surface area contributed by atoms with Crippen molar-refractivity contribution in [1.29, 1.82) is 0 Å². The van der Waals surface area contributed by atoms with Crippen LogP contribution in [0.3, 0.4) is 0 Å². The summed E-state index contributed by atoms with van der Waals surface area (Å²) in [5, 5.41) is 0. The second-order valence-electron chi connectivity index (χ2n) is 5.11. The average Bonchev–Trinajstić information content (AvgIpc) is 1.97. The van der Waals surface area contributed by atoms with E-state index >= 15 is 0 Å². The van der Waals surface area contributed by atoms with Crippen molar-refractivity contribution in [3.05, 3.63) is 0 Å². The fourth-order valence-corrected chi connectivity index (χ4v) is 1.56. The van der Waals surface area contributed by atoms with E-state index in [0.29, 0.717) is 12.1 Å². The van der Waals surface area contributed by atoms with Crippen molar-refractivity contribution in [3.8, 4) is 0 Å². The first kappa shape index (κ1) is 13.0. The molecule has 0 aliphatic heterocycles. The summed E-state index contributed by atoms with van der Waals surface area (Å²) in [7, 11) is 0. The first-order valence-corrected chi connectivity index (χ1v) is 5.62. The lowest BCUT2D eigenvalue weighted by molar-refractivity contribution is 0.136. The van der Waals surface area contributed by atoms with E-state index in [1.807, 2.05) is 0 Å². The van der Waals surface area contributed by atoms with Gasteiger partial charge in [-0.2, -0.15) is 0 Å². The highest BCUT2D eigenvalue weighted by Crippen LogP contribution is 2.15. The van der Waals surface area contributed by atoms with E-state index in [-0.39, 0.29) is 0 Å². The third-order valence-corrected chi connectivity index (χ3v) is 2.96. The van der Waals surface area contributed by atoms with Crippen LogP contribution in [0.15, 0.2) is 0 Å². The minimum Gasteiger partial charge on any atom is -0.298 e. The summed E-state index contributed by atoms with van der Waals surface area (Å²) in [6.45, 7) is 17.3. The maximum Gasteiger partial charge on any atom is 0.00414 e. The topological polar surface area (TPSA) is 3.24 Å². The number of hydrogen-bond donors (Lipinski definition) is 0. The quantitative estimate of drug-likeness (QED) is 0.634. The van der Waals surface area contributed by atoms with Gasteiger partial charge in [0.1, 0.15) is 0 Å². The Morgan fingerprint density at radius 1 is 0.769 bits per heavy atom. The molecule has 0 spiro atoms. The highest BCUT2D eigenvalue weighted by Gasteiger charge is 2.17. The molecule has 0 heterocycles. The first-order valence-electron chi connectivity index (χ1n) is 5.62. The summed E-state index contributed by atoms with van der Waals surface area (Å²) < 4.78 is 0. The lowest BCUT2D eigenvalue weighted by Crippen LogP contribution is -2.40. The predicted molar refractivity (Wildman–Crippen MR) is 61.0 cm³/mol. The molecule has 1 nitrogen and oxygen atoms in total. The van der Waals surface area contributed by atoms with Crippen LogP contribution < -0.4 is 0 Å². The third-order valence-electron chi connectivity index (χ3n) is 2.96. The van der Waals surface area contributed by atoms with Gasteiger partial charge < -0.3 is 0 Å². The Labute approximate surface area is 84.5 Å². The van der Waals surface area contributed by atoms with Crippen molar-refractivity contribution in [2.45, 2.75) is 60.5 Å². The van der Waals surface area contributed by atoms with Crippen LogP contribution in [0.5, 0.6) is 0 Å². The van der Waals surface area contributed by atoms with Gasteiger partial charge in [-0.05, 0) is 39.5 Å². The van der Waals surface area contributed by atoms with Crippen LogP contribution >= 0.6 is 0 Å². The molecule has 0 aliphatic rings. The standard InChI is InChI=1S/C12H27N/c1-9(2)12(7)8-13(10(3)4)11(5)6/h9-12H,8H2,1-7H3. The van der Waals surface area contributed by atoms with E-state index in [1.165, 1.54) is 6.54 Å². The second-order valence-corrected chi connectivity index (χ2v) is 5.11. The summed E-state index contributed by atoms with van der Waals surface area (Å²) >= 11 is 0. The van der Waals surface area contributed by atoms with E-state index in [2.05, 4.69) is 53.4 Å². The van der Waals surface area contributed by atoms with Crippen molar-refractivity contribution < 1.29 is 0 Å². The van der Waals surface area contributed by atoms with Crippen molar-refractivity contribution in [3.63, 3.8) is 0 Å². The molecule has 0 N–H and O–H groups in total. The van der Waals surface area contributed by atoms with Gasteiger partial charge in [0.15, 0.2) is 0 Å². The maximum atomic E-state index is 2.57. The van der Waals surface area contributed by atoms with Crippen LogP contribution in [0.25, 0.3) is 0 Å². The third kappa shape index (κ3) is 4.66. The van der Waals surface area contributed by atoms with Crippen LogP contribution in [-0.4, -0.2) is 23.5 Å². The minimum absolute atomic E-state index is 0.668. The second kappa shape index (κ2) is 5.64. The summed E-state index contributed by atoms with van der Waals surface area (Å²) in [4.78, 5) is 2.57. The Morgan fingerprint density at radius 3 is 1.38 bits per heavy atom. The van der Waals surface area contributed by atoms with Gasteiger partial charge in [0.05, 0.1) is 0 Å². The van der Waals surface area contributed by atoms with Gasteiger partial charge in [-0.25, -0.2) is 0 Å². The van der Waals surface area contributed by atoms with Crippen LogP contribution in [0.4, 0.5) is 0 Å². The molecule has 0 saturated heterocycles. The summed E-state index contributed by atoms with van der Waals surface area (Å²) in [6, 6.07) is 1.34. The average molecular weight is 185 g/mol. The lowest BCUT2D eigenvalue weighted by Gasteiger charge is -2.34. The van der Waals surface area contributed by atoms with Gasteiger partial charge in [-0.1, -0.05) is 20.8 Å². The molecular weight excluding hydrogens is 158 g/mol. The molecule has 0 aliphatic carbocycles. The minimum atomic E-state index is 0.668. The Bertz CT molecular complexity index is 119. The molecular formula is C12H27N. The molecule has 0 amide bonds. The van der Waals surface area contributed by atoms with Gasteiger partial charge in [0, 0.05) is 18.6 Å². The lowest BCUT2D eigenvalue weighted by atomic mass is 9.96. The molecule has 0 aromatic carbocycles. The summed E-state index contributed by atoms with van der Waals surface area (Å²) in [5.41, 5.74) is 0. The van der Waals surface area contributed by atoms with Gasteiger partial charge in [0.25, 0.3) is 0 Å². The van der Waals surface area contributed by atoms with Crippen molar-refractivity contribution in [2.75, 3.05) is 6.54 Å². The Kier molecular flexibility index (Phi) is 5.62. The molecule has 0 aromatic rings. The van der Waals surface area contributed by atoms with E-state index in [0.717, 1.165) is 11.8 Å². The van der Waals surface area contributed by atoms with Crippen LogP contribution in [0.2, 0.25) is 0 Å². The predicted octanol–water partition coefficient (Wildman–Crippen LogP) is 3.40. The van der Waals surface area contributed by atoms with Gasteiger partial charge in [-0.15, -0.1) is 0 Å². The number of nitrogens with zero attached hydrogens (tertiary/aromatic N) is 1. The van der Waals surface area contributed by atoms with Crippen molar-refractivity contribution >= 4 is 0 Å². The molecule has 0 fully saturated rings. The van der Waals surface area contributed by atoms with Crippen LogP contribution in [-0.2, 0) is 0 Å². The van der Waals surface area contributed by atoms with E-state index in [1.54, 1.807) is 0 Å². The van der Waals surface area contributed by atoms with E-state index < -0.39 is 0 Å². The van der Waals surface area contributed by atoms with E-state index in [9.17, 15) is 0 Å². The molecule has 1 atom stereocenters. The maximum absolute atomic E-state index is 2.57. The highest BCUT2D eigenvalue weighted by atomic mass is 15.2. The van der Waals surface area contributed by atoms with Crippen LogP contribution in [0, 0.1) is 11.8 Å². The zero-order chi connectivity index (χ0) is 10.6. The Hall–Kier alpha value is -0.0400. The molecule has 0 radical (unpaired) electrons. The molecule has 0 bridgehead atoms. The molecule has 0 aromatic heterocycles. The Morgan fingerprint density at radius 2 is 1.15 bits per heavy atom. The van der Waals surface area contributed by atoms with Gasteiger partial charge in [0.2, 0.25) is 0 Å². The van der Waals surface area contributed by atoms with Gasteiger partial charge in [-0.3, -0.25) is 4.90 Å². The van der Waals surface area contributed by atoms with Crippen molar-refractivity contribution in [2.24, 2.45) is 11.8 Å². The fraction of sp³-hybridized carbons (Fsp3) is 1.00.